The second-order valence-corrected chi connectivity index (χ2v) is 9.43. The van der Waals surface area contributed by atoms with Gasteiger partial charge in [-0.15, -0.1) is 0 Å². The van der Waals surface area contributed by atoms with Gasteiger partial charge < -0.3 is 44.4 Å². The molecule has 0 aromatic heterocycles. The van der Waals surface area contributed by atoms with Crippen molar-refractivity contribution in [1.29, 1.82) is 0 Å². The molecule has 1 saturated heterocycles. The average molecular weight is 519 g/mol. The highest BCUT2D eigenvalue weighted by molar-refractivity contribution is 7.46. The molecule has 1 heterocycles. The third-order valence-corrected chi connectivity index (χ3v) is 5.85. The standard InChI is InChI=1S/C10H21O9P.2C6H15N/c1-5(2)4-17-9-7(12)6(3-11)18-10(8(9)13)19-20(14,15)16;2*1-4-7(5-2)6-3/h5-13H,3-4H2,1-2H3,(H2,14,15,16);2*4-6H2,1-3H3/t6-,7-,8-,9+,10-;;/m1../s1. The van der Waals surface area contributed by atoms with Crippen molar-refractivity contribution < 1.29 is 43.7 Å². The highest BCUT2D eigenvalue weighted by atomic mass is 31.2. The minimum absolute atomic E-state index is 0.117. The SMILES string of the molecule is CC(C)CO[C@@H]1[C@@H](O)[C@@H](OP(=O)(O)O)O[C@H](CO)[C@H]1O.CCN(CC)CC.CCN(CC)CC. The molecule has 12 heteroatoms. The van der Waals surface area contributed by atoms with Crippen molar-refractivity contribution in [2.75, 3.05) is 52.5 Å². The Balaban J connectivity index is 0. The molecule has 34 heavy (non-hydrogen) atoms. The van der Waals surface area contributed by atoms with Crippen LogP contribution >= 0.6 is 7.82 Å². The number of phosphoric ester groups is 1. The molecule has 0 bridgehead atoms. The van der Waals surface area contributed by atoms with Crippen molar-refractivity contribution in [3.05, 3.63) is 0 Å². The molecule has 1 aliphatic rings. The molecule has 0 spiro atoms. The lowest BCUT2D eigenvalue weighted by Crippen LogP contribution is -2.60. The third kappa shape index (κ3) is 15.7. The topological polar surface area (TPSA) is 152 Å². The zero-order valence-electron chi connectivity index (χ0n) is 22.3. The number of aliphatic hydroxyl groups excluding tert-OH is 3. The van der Waals surface area contributed by atoms with Crippen LogP contribution in [0.5, 0.6) is 0 Å². The number of phosphoric acid groups is 1. The normalized spacial score (nSPS) is 25.1. The number of hydrogen-bond donors (Lipinski definition) is 5. The van der Waals surface area contributed by atoms with E-state index in [-0.39, 0.29) is 12.5 Å². The maximum Gasteiger partial charge on any atom is 0.472 e. The predicted octanol–water partition coefficient (Wildman–Crippen LogP) is 1.27. The van der Waals surface area contributed by atoms with E-state index < -0.39 is 45.1 Å². The van der Waals surface area contributed by atoms with E-state index in [1.165, 1.54) is 39.3 Å². The Bertz CT molecular complexity index is 494. The van der Waals surface area contributed by atoms with Crippen LogP contribution in [0.4, 0.5) is 0 Å². The third-order valence-electron chi connectivity index (χ3n) is 5.37. The summed E-state index contributed by atoms with van der Waals surface area (Å²) < 4.78 is 25.4. The van der Waals surface area contributed by atoms with Gasteiger partial charge in [0.2, 0.25) is 0 Å². The largest absolute Gasteiger partial charge is 0.472 e. The van der Waals surface area contributed by atoms with Crippen molar-refractivity contribution in [1.82, 2.24) is 9.80 Å². The second kappa shape index (κ2) is 20.0. The molecule has 0 aromatic rings. The van der Waals surface area contributed by atoms with Crippen LogP contribution in [0.2, 0.25) is 0 Å². The molecule has 0 unspecified atom stereocenters. The Morgan fingerprint density at radius 2 is 1.26 bits per heavy atom. The van der Waals surface area contributed by atoms with Gasteiger partial charge in [0, 0.05) is 6.61 Å². The van der Waals surface area contributed by atoms with E-state index in [0.717, 1.165) is 0 Å². The van der Waals surface area contributed by atoms with Gasteiger partial charge in [-0.05, 0) is 45.2 Å². The summed E-state index contributed by atoms with van der Waals surface area (Å²) in [6, 6.07) is 0. The molecule has 0 amide bonds. The summed E-state index contributed by atoms with van der Waals surface area (Å²) in [5.74, 6) is 0.117. The Labute approximate surface area is 206 Å². The molecular formula is C22H51N2O9P. The van der Waals surface area contributed by atoms with E-state index in [9.17, 15) is 14.8 Å². The smallest absolute Gasteiger partial charge is 0.394 e. The average Bonchev–Trinajstić information content (AvgIpc) is 2.78. The summed E-state index contributed by atoms with van der Waals surface area (Å²) in [7, 11) is -4.90. The lowest BCUT2D eigenvalue weighted by Gasteiger charge is -2.41. The zero-order chi connectivity index (χ0) is 26.9. The molecule has 1 rings (SSSR count). The fraction of sp³-hybridized carbons (Fsp3) is 1.00. The van der Waals surface area contributed by atoms with E-state index >= 15 is 0 Å². The van der Waals surface area contributed by atoms with Gasteiger partial charge in [0.05, 0.1) is 6.61 Å². The van der Waals surface area contributed by atoms with Crippen LogP contribution in [0.15, 0.2) is 0 Å². The van der Waals surface area contributed by atoms with Gasteiger partial charge in [-0.3, -0.25) is 4.52 Å². The summed E-state index contributed by atoms with van der Waals surface area (Å²) >= 11 is 0. The van der Waals surface area contributed by atoms with Crippen molar-refractivity contribution >= 4 is 7.82 Å². The van der Waals surface area contributed by atoms with E-state index in [1.807, 2.05) is 13.8 Å². The number of hydrogen-bond acceptors (Lipinski definition) is 9. The molecule has 0 aromatic carbocycles. The van der Waals surface area contributed by atoms with Gasteiger partial charge in [-0.25, -0.2) is 4.57 Å². The zero-order valence-corrected chi connectivity index (χ0v) is 23.2. The first-order chi connectivity index (χ1) is 15.8. The molecular weight excluding hydrogens is 467 g/mol. The van der Waals surface area contributed by atoms with Crippen molar-refractivity contribution in [2.45, 2.75) is 86.1 Å². The van der Waals surface area contributed by atoms with Gasteiger partial charge >= 0.3 is 7.82 Å². The molecule has 11 nitrogen and oxygen atoms in total. The van der Waals surface area contributed by atoms with E-state index in [0.29, 0.717) is 0 Å². The van der Waals surface area contributed by atoms with Crippen LogP contribution in [0, 0.1) is 5.92 Å². The molecule has 1 aliphatic heterocycles. The van der Waals surface area contributed by atoms with E-state index in [1.54, 1.807) is 0 Å². The minimum atomic E-state index is -4.90. The molecule has 1 fully saturated rings. The molecule has 0 aliphatic carbocycles. The molecule has 0 saturated carbocycles. The highest BCUT2D eigenvalue weighted by Crippen LogP contribution is 2.40. The number of aliphatic hydroxyl groups is 3. The fourth-order valence-corrected chi connectivity index (χ4v) is 3.56. The fourth-order valence-electron chi connectivity index (χ4n) is 3.12. The van der Waals surface area contributed by atoms with Crippen LogP contribution in [-0.2, 0) is 18.6 Å². The van der Waals surface area contributed by atoms with Gasteiger partial charge in [0.15, 0.2) is 6.29 Å². The molecule has 0 radical (unpaired) electrons. The maximum atomic E-state index is 10.8. The Morgan fingerprint density at radius 1 is 0.853 bits per heavy atom. The van der Waals surface area contributed by atoms with Crippen LogP contribution < -0.4 is 0 Å². The monoisotopic (exact) mass is 518 g/mol. The Hall–Kier alpha value is -0.170. The van der Waals surface area contributed by atoms with Crippen molar-refractivity contribution in [2.24, 2.45) is 5.92 Å². The van der Waals surface area contributed by atoms with E-state index in [2.05, 4.69) is 55.9 Å². The number of ether oxygens (including phenoxy) is 2. The first kappa shape index (κ1) is 36.0. The first-order valence-corrected chi connectivity index (χ1v) is 13.8. The number of rotatable bonds is 12. The highest BCUT2D eigenvalue weighted by Gasteiger charge is 2.47. The predicted molar refractivity (Wildman–Crippen MR) is 132 cm³/mol. The van der Waals surface area contributed by atoms with Crippen LogP contribution in [0.1, 0.15) is 55.4 Å². The van der Waals surface area contributed by atoms with Crippen LogP contribution in [0.3, 0.4) is 0 Å². The molecule has 5 atom stereocenters. The van der Waals surface area contributed by atoms with Gasteiger partial charge in [0.1, 0.15) is 24.4 Å². The summed E-state index contributed by atoms with van der Waals surface area (Å²) in [5, 5.41) is 28.9. The molecule has 208 valence electrons. The van der Waals surface area contributed by atoms with Crippen LogP contribution in [0.25, 0.3) is 0 Å². The van der Waals surface area contributed by atoms with Gasteiger partial charge in [-0.1, -0.05) is 55.4 Å². The first-order valence-electron chi connectivity index (χ1n) is 12.3. The molecule has 5 N–H and O–H groups in total. The maximum absolute atomic E-state index is 10.8. The lowest BCUT2D eigenvalue weighted by molar-refractivity contribution is -0.289. The Kier molecular flexibility index (Phi) is 21.1. The lowest BCUT2D eigenvalue weighted by atomic mass is 9.99. The number of nitrogens with zero attached hydrogens (tertiary/aromatic N) is 2. The summed E-state index contributed by atoms with van der Waals surface area (Å²) in [6.45, 7) is 23.5. The second-order valence-electron chi connectivity index (χ2n) is 8.23. The summed E-state index contributed by atoms with van der Waals surface area (Å²) in [6.07, 6.45) is -7.00. The van der Waals surface area contributed by atoms with E-state index in [4.69, 9.17) is 24.4 Å². The summed E-state index contributed by atoms with van der Waals surface area (Å²) in [5.41, 5.74) is 0. The quantitative estimate of drug-likeness (QED) is 0.237. The van der Waals surface area contributed by atoms with Crippen molar-refractivity contribution in [3.63, 3.8) is 0 Å². The van der Waals surface area contributed by atoms with Gasteiger partial charge in [-0.2, -0.15) is 0 Å². The van der Waals surface area contributed by atoms with Gasteiger partial charge in [0.25, 0.3) is 0 Å². The van der Waals surface area contributed by atoms with Crippen LogP contribution in [-0.4, -0.2) is 118 Å². The summed E-state index contributed by atoms with van der Waals surface area (Å²) in [4.78, 5) is 22.2. The minimum Gasteiger partial charge on any atom is -0.394 e. The van der Waals surface area contributed by atoms with Crippen molar-refractivity contribution in [3.8, 4) is 0 Å². The Morgan fingerprint density at radius 3 is 1.53 bits per heavy atom.